The van der Waals surface area contributed by atoms with Gasteiger partial charge in [-0.25, -0.2) is 9.78 Å². The van der Waals surface area contributed by atoms with Gasteiger partial charge < -0.3 is 9.15 Å². The van der Waals surface area contributed by atoms with Crippen LogP contribution in [0.1, 0.15) is 43.1 Å². The number of hydrogen-bond donors (Lipinski definition) is 0. The van der Waals surface area contributed by atoms with Crippen LogP contribution < -0.4 is 10.3 Å². The molecule has 0 saturated carbocycles. The second-order valence-corrected chi connectivity index (χ2v) is 9.54. The Kier molecular flexibility index (Phi) is 5.49. The summed E-state index contributed by atoms with van der Waals surface area (Å²) in [6.45, 7) is 1.59. The van der Waals surface area contributed by atoms with Gasteiger partial charge in [-0.2, -0.15) is 0 Å². The van der Waals surface area contributed by atoms with E-state index in [1.807, 2.05) is 0 Å². The third-order valence-electron chi connectivity index (χ3n) is 5.59. The van der Waals surface area contributed by atoms with E-state index in [1.54, 1.807) is 31.2 Å². The second kappa shape index (κ2) is 8.40. The molecule has 0 N–H and O–H groups in total. The molecule has 0 bridgehead atoms. The number of ether oxygens (including phenoxy) is 1. The Morgan fingerprint density at radius 3 is 2.74 bits per heavy atom. The highest BCUT2D eigenvalue weighted by molar-refractivity contribution is 9.10. The molecule has 4 aromatic rings. The normalized spacial score (nSPS) is 14.9. The fraction of sp³-hybridized carbons (Fsp3) is 0.130. The van der Waals surface area contributed by atoms with Gasteiger partial charge in [0.15, 0.2) is 10.6 Å². The van der Waals surface area contributed by atoms with E-state index >= 15 is 0 Å². The molecule has 35 heavy (non-hydrogen) atoms. The van der Waals surface area contributed by atoms with Crippen LogP contribution >= 0.6 is 27.3 Å². The molecule has 0 radical (unpaired) electrons. The molecule has 2 aromatic heterocycles. The van der Waals surface area contributed by atoms with Crippen molar-refractivity contribution < 1.29 is 23.7 Å². The highest BCUT2D eigenvalue weighted by Crippen LogP contribution is 2.43. The molecule has 0 spiro atoms. The lowest BCUT2D eigenvalue weighted by Gasteiger charge is -2.22. The Morgan fingerprint density at radius 2 is 2.03 bits per heavy atom. The van der Waals surface area contributed by atoms with Crippen LogP contribution in [-0.2, 0) is 4.74 Å². The summed E-state index contributed by atoms with van der Waals surface area (Å²) in [6, 6.07) is 9.44. The maximum Gasteiger partial charge on any atom is 0.350 e. The molecule has 5 rings (SSSR count). The highest BCUT2D eigenvalue weighted by atomic mass is 79.9. The molecule has 1 amide bonds. The van der Waals surface area contributed by atoms with E-state index in [0.29, 0.717) is 15.7 Å². The third-order valence-corrected chi connectivity index (χ3v) is 7.22. The number of methoxy groups -OCH3 is 1. The largest absolute Gasteiger partial charge is 0.465 e. The zero-order valence-electron chi connectivity index (χ0n) is 18.1. The number of carbonyl (C=O) groups is 2. The number of aryl methyl sites for hydroxylation is 1. The number of fused-ring (bicyclic) bond motifs is 2. The van der Waals surface area contributed by atoms with Gasteiger partial charge in [-0.15, -0.1) is 0 Å². The van der Waals surface area contributed by atoms with E-state index in [2.05, 4.69) is 20.9 Å². The number of amides is 1. The topological polar surface area (TPSA) is 133 Å². The molecule has 1 unspecified atom stereocenters. The van der Waals surface area contributed by atoms with E-state index in [-0.39, 0.29) is 38.0 Å². The van der Waals surface area contributed by atoms with Crippen LogP contribution in [0.25, 0.3) is 11.0 Å². The summed E-state index contributed by atoms with van der Waals surface area (Å²) in [5.74, 6) is -1.45. The summed E-state index contributed by atoms with van der Waals surface area (Å²) in [4.78, 5) is 56.1. The van der Waals surface area contributed by atoms with Gasteiger partial charge in [0.2, 0.25) is 5.76 Å². The molecule has 1 aliphatic heterocycles. The summed E-state index contributed by atoms with van der Waals surface area (Å²) in [5.41, 5.74) is 0.259. The van der Waals surface area contributed by atoms with Crippen molar-refractivity contribution in [1.29, 1.82) is 0 Å². The third kappa shape index (κ3) is 3.61. The van der Waals surface area contributed by atoms with Crippen molar-refractivity contribution >= 4 is 60.9 Å². The van der Waals surface area contributed by atoms with E-state index < -0.39 is 28.3 Å². The number of non-ortho nitro benzene ring substituents is 1. The van der Waals surface area contributed by atoms with Crippen molar-refractivity contribution in [3.63, 3.8) is 0 Å². The van der Waals surface area contributed by atoms with Crippen LogP contribution in [0, 0.1) is 17.0 Å². The zero-order chi connectivity index (χ0) is 25.0. The Hall–Kier alpha value is -3.90. The summed E-state index contributed by atoms with van der Waals surface area (Å²) in [6.07, 6.45) is 0. The van der Waals surface area contributed by atoms with Crippen LogP contribution in [0.15, 0.2) is 56.1 Å². The molecule has 0 aliphatic carbocycles. The molecule has 1 atom stereocenters. The summed E-state index contributed by atoms with van der Waals surface area (Å²) in [7, 11) is 1.23. The number of benzene rings is 2. The van der Waals surface area contributed by atoms with Crippen LogP contribution in [0.5, 0.6) is 0 Å². The minimum absolute atomic E-state index is 0.0357. The van der Waals surface area contributed by atoms with Gasteiger partial charge in [0.25, 0.3) is 11.6 Å². The summed E-state index contributed by atoms with van der Waals surface area (Å²) in [5, 5.41) is 11.8. The second-order valence-electron chi connectivity index (χ2n) is 7.65. The first-order chi connectivity index (χ1) is 16.7. The zero-order valence-corrected chi connectivity index (χ0v) is 20.5. The molecular formula is C23H14BrN3O7S. The molecular weight excluding hydrogens is 542 g/mol. The lowest BCUT2D eigenvalue weighted by molar-refractivity contribution is -0.384. The fourth-order valence-electron chi connectivity index (χ4n) is 4.03. The van der Waals surface area contributed by atoms with Gasteiger partial charge in [-0.3, -0.25) is 24.6 Å². The number of thiazole rings is 1. The van der Waals surface area contributed by atoms with Crippen LogP contribution in [0.2, 0.25) is 0 Å². The Labute approximate surface area is 209 Å². The van der Waals surface area contributed by atoms with Crippen LogP contribution in [0.3, 0.4) is 0 Å². The lowest BCUT2D eigenvalue weighted by atomic mass is 9.98. The summed E-state index contributed by atoms with van der Waals surface area (Å²) >= 11 is 4.26. The Morgan fingerprint density at radius 1 is 1.26 bits per heavy atom. The summed E-state index contributed by atoms with van der Waals surface area (Å²) < 4.78 is 11.3. The van der Waals surface area contributed by atoms with Gasteiger partial charge in [-0.05, 0) is 30.7 Å². The van der Waals surface area contributed by atoms with Crippen molar-refractivity contribution in [1.82, 2.24) is 4.98 Å². The maximum atomic E-state index is 13.6. The molecule has 12 heteroatoms. The number of nitrogens with zero attached hydrogens (tertiary/aromatic N) is 3. The molecule has 176 valence electrons. The van der Waals surface area contributed by atoms with Gasteiger partial charge in [0.1, 0.15) is 10.5 Å². The number of rotatable bonds is 4. The van der Waals surface area contributed by atoms with E-state index in [9.17, 15) is 24.5 Å². The van der Waals surface area contributed by atoms with Crippen molar-refractivity contribution in [3.05, 3.63) is 94.7 Å². The molecule has 3 heterocycles. The SMILES string of the molecule is COC(=O)c1sc(N2C(=O)c3oc4ccc(Br)cc4c(=O)c3C2c2cccc([N+](=O)[O-])c2)nc1C. The minimum Gasteiger partial charge on any atom is -0.465 e. The first-order valence-corrected chi connectivity index (χ1v) is 11.7. The van der Waals surface area contributed by atoms with Gasteiger partial charge in [0.05, 0.1) is 34.7 Å². The number of anilines is 1. The number of nitro groups is 1. The first-order valence-electron chi connectivity index (χ1n) is 10.1. The van der Waals surface area contributed by atoms with Crippen LogP contribution in [-0.4, -0.2) is 28.9 Å². The molecule has 10 nitrogen and oxygen atoms in total. The Bertz CT molecular complexity index is 1630. The number of carbonyl (C=O) groups excluding carboxylic acids is 2. The van der Waals surface area contributed by atoms with E-state index in [4.69, 9.17) is 9.15 Å². The predicted octanol–water partition coefficient (Wildman–Crippen LogP) is 4.77. The predicted molar refractivity (Wildman–Crippen MR) is 130 cm³/mol. The number of hydrogen-bond acceptors (Lipinski definition) is 9. The van der Waals surface area contributed by atoms with Gasteiger partial charge >= 0.3 is 5.97 Å². The Balaban J connectivity index is 1.80. The number of esters is 1. The van der Waals surface area contributed by atoms with E-state index in [1.165, 1.54) is 30.2 Å². The number of halogens is 1. The van der Waals surface area contributed by atoms with Crippen molar-refractivity contribution in [3.8, 4) is 0 Å². The average molecular weight is 556 g/mol. The number of nitro benzene ring substituents is 1. The molecule has 0 saturated heterocycles. The van der Waals surface area contributed by atoms with E-state index in [0.717, 1.165) is 11.3 Å². The van der Waals surface area contributed by atoms with Gasteiger partial charge in [-0.1, -0.05) is 39.4 Å². The van der Waals surface area contributed by atoms with Crippen molar-refractivity contribution in [2.24, 2.45) is 0 Å². The van der Waals surface area contributed by atoms with Crippen molar-refractivity contribution in [2.45, 2.75) is 13.0 Å². The monoisotopic (exact) mass is 555 g/mol. The highest BCUT2D eigenvalue weighted by Gasteiger charge is 2.45. The molecule has 0 fully saturated rings. The van der Waals surface area contributed by atoms with Gasteiger partial charge in [0, 0.05) is 16.6 Å². The maximum absolute atomic E-state index is 13.6. The lowest BCUT2D eigenvalue weighted by Crippen LogP contribution is -2.29. The molecule has 1 aliphatic rings. The van der Waals surface area contributed by atoms with Crippen LogP contribution in [0.4, 0.5) is 10.8 Å². The molecule has 2 aromatic carbocycles. The fourth-order valence-corrected chi connectivity index (χ4v) is 5.41. The minimum atomic E-state index is -1.06. The van der Waals surface area contributed by atoms with Crippen molar-refractivity contribution in [2.75, 3.05) is 12.0 Å². The first kappa shape index (κ1) is 22.9. The number of aromatic nitrogens is 1. The standard InChI is InChI=1S/C23H14BrN3O7S/c1-10-20(22(30)33-2)35-23(25-10)26-17(11-4-3-5-13(8-11)27(31)32)16-18(28)14-9-12(24)6-7-15(14)34-19(16)21(26)29/h3-9,17H,1-2H3. The average Bonchev–Trinajstić information content (AvgIpc) is 3.36. The smallest absolute Gasteiger partial charge is 0.350 e. The quantitative estimate of drug-likeness (QED) is 0.200.